The van der Waals surface area contributed by atoms with Gasteiger partial charge >= 0.3 is 154 Å². The first-order valence-corrected chi connectivity index (χ1v) is 3.34. The van der Waals surface area contributed by atoms with Crippen molar-refractivity contribution in [1.82, 2.24) is 0 Å². The summed E-state index contributed by atoms with van der Waals surface area (Å²) in [6.07, 6.45) is 0. The van der Waals surface area contributed by atoms with Crippen LogP contribution in [-0.4, -0.2) is 4.89 Å². The molecule has 0 aromatic rings. The summed E-state index contributed by atoms with van der Waals surface area (Å²) in [6, 6.07) is 0. The van der Waals surface area contributed by atoms with Crippen molar-refractivity contribution in [2.24, 2.45) is 0 Å². The third-order valence-electron chi connectivity index (χ3n) is 0.137. The SMILES string of the molecule is [K+].[K+].[K+].[O-]P([O-])OP([O-])O. The molecule has 0 fully saturated rings. The van der Waals surface area contributed by atoms with Crippen molar-refractivity contribution in [2.75, 3.05) is 0 Å². The molecule has 0 saturated heterocycles. The zero-order valence-electron chi connectivity index (χ0n) is 5.97. The molecule has 44 valence electrons. The molecule has 5 nitrogen and oxygen atoms in total. The van der Waals surface area contributed by atoms with Gasteiger partial charge in [0.2, 0.25) is 0 Å². The molecule has 0 spiro atoms. The Hall–Kier alpha value is 5.57. The van der Waals surface area contributed by atoms with Crippen molar-refractivity contribution in [3.05, 3.63) is 0 Å². The summed E-state index contributed by atoms with van der Waals surface area (Å²) in [4.78, 5) is 35.5. The predicted molar refractivity (Wildman–Crippen MR) is 17.1 cm³/mol. The van der Waals surface area contributed by atoms with E-state index in [4.69, 9.17) is 4.89 Å². The van der Waals surface area contributed by atoms with Crippen molar-refractivity contribution < 1.29 is 178 Å². The minimum Gasteiger partial charge on any atom is -0.820 e. The molecule has 0 aliphatic rings. The van der Waals surface area contributed by atoms with E-state index < -0.39 is 17.2 Å². The van der Waals surface area contributed by atoms with Crippen LogP contribution in [0, 0.1) is 0 Å². The summed E-state index contributed by atoms with van der Waals surface area (Å²) in [5.74, 6) is 0. The van der Waals surface area contributed by atoms with Gasteiger partial charge in [-0.3, -0.25) is 0 Å². The molecule has 0 rings (SSSR count). The van der Waals surface area contributed by atoms with Gasteiger partial charge in [0.05, 0.1) is 8.60 Å². The van der Waals surface area contributed by atoms with Crippen LogP contribution in [-0.2, 0) is 4.31 Å². The van der Waals surface area contributed by atoms with Gasteiger partial charge in [-0.05, 0) is 0 Å². The van der Waals surface area contributed by atoms with Gasteiger partial charge in [-0.2, -0.15) is 8.60 Å². The molecule has 1 unspecified atom stereocenters. The van der Waals surface area contributed by atoms with E-state index in [0.717, 1.165) is 0 Å². The Bertz CT molecular complexity index is 44.2. The molecule has 10 heavy (non-hydrogen) atoms. The van der Waals surface area contributed by atoms with Crippen LogP contribution in [0.25, 0.3) is 0 Å². The largest absolute Gasteiger partial charge is 1.00 e. The van der Waals surface area contributed by atoms with Crippen molar-refractivity contribution in [2.45, 2.75) is 0 Å². The molecular weight excluding hydrogens is 259 g/mol. The number of rotatable bonds is 2. The summed E-state index contributed by atoms with van der Waals surface area (Å²) in [5.41, 5.74) is 0. The fraction of sp³-hybridized carbons (Fsp3) is 0. The Kier molecular flexibility index (Phi) is 41.9. The zero-order chi connectivity index (χ0) is 5.86. The molecular formula is HK3O5P2. The van der Waals surface area contributed by atoms with Crippen molar-refractivity contribution in [3.63, 3.8) is 0 Å². The molecule has 0 aromatic carbocycles. The summed E-state index contributed by atoms with van der Waals surface area (Å²) in [6.45, 7) is 0. The molecule has 0 radical (unpaired) electrons. The Morgan fingerprint density at radius 3 is 1.30 bits per heavy atom. The first-order valence-electron chi connectivity index (χ1n) is 1.11. The minimum atomic E-state index is -3.17. The van der Waals surface area contributed by atoms with Gasteiger partial charge in [-0.1, -0.05) is 0 Å². The summed E-state index contributed by atoms with van der Waals surface area (Å²) in [5, 5.41) is 0. The Balaban J connectivity index is -0.0000000600. The molecule has 0 aliphatic carbocycles. The standard InChI is InChI=1S/3K.HO5P2/c;;;1-6(2)5-7(3)4/h;;;1H/q3*+1;-3. The molecule has 1 atom stereocenters. The third kappa shape index (κ3) is 23.4. The number of hydrogen-bond acceptors (Lipinski definition) is 5. The van der Waals surface area contributed by atoms with Crippen molar-refractivity contribution in [3.8, 4) is 0 Å². The van der Waals surface area contributed by atoms with Crippen LogP contribution in [0.3, 0.4) is 0 Å². The van der Waals surface area contributed by atoms with E-state index in [0.29, 0.717) is 0 Å². The van der Waals surface area contributed by atoms with Crippen molar-refractivity contribution >= 4 is 17.2 Å². The molecule has 0 saturated carbocycles. The van der Waals surface area contributed by atoms with Gasteiger partial charge in [0.15, 0.2) is 0 Å². The maximum absolute atomic E-state index is 9.35. The van der Waals surface area contributed by atoms with Gasteiger partial charge in [0.25, 0.3) is 0 Å². The molecule has 0 heterocycles. The minimum absolute atomic E-state index is 0. The zero-order valence-corrected chi connectivity index (χ0v) is 17.1. The van der Waals surface area contributed by atoms with Gasteiger partial charge < -0.3 is 23.9 Å². The van der Waals surface area contributed by atoms with Gasteiger partial charge in [-0.15, -0.1) is 0 Å². The smallest absolute Gasteiger partial charge is 0.820 e. The second-order valence-corrected chi connectivity index (χ2v) is 2.12. The molecule has 0 aromatic heterocycles. The monoisotopic (exact) mass is 260 g/mol. The molecule has 0 amide bonds. The van der Waals surface area contributed by atoms with Crippen LogP contribution < -0.4 is 169 Å². The van der Waals surface area contributed by atoms with Crippen LogP contribution >= 0.6 is 17.2 Å². The van der Waals surface area contributed by atoms with Gasteiger partial charge in [-0.25, -0.2) is 0 Å². The van der Waals surface area contributed by atoms with E-state index in [-0.39, 0.29) is 154 Å². The Labute approximate surface area is 189 Å². The van der Waals surface area contributed by atoms with E-state index in [1.54, 1.807) is 0 Å². The van der Waals surface area contributed by atoms with Crippen LogP contribution in [0.5, 0.6) is 0 Å². The Morgan fingerprint density at radius 2 is 1.30 bits per heavy atom. The van der Waals surface area contributed by atoms with Crippen LogP contribution in [0.1, 0.15) is 0 Å². The van der Waals surface area contributed by atoms with Gasteiger partial charge in [0.1, 0.15) is 0 Å². The topological polar surface area (TPSA) is 98.6 Å². The van der Waals surface area contributed by atoms with Crippen LogP contribution in [0.4, 0.5) is 0 Å². The first-order chi connectivity index (χ1) is 3.13. The maximum atomic E-state index is 9.35. The van der Waals surface area contributed by atoms with E-state index >= 15 is 0 Å². The fourth-order valence-corrected chi connectivity index (χ4v) is 0.513. The molecule has 10 heteroatoms. The van der Waals surface area contributed by atoms with E-state index in [1.165, 1.54) is 0 Å². The summed E-state index contributed by atoms with van der Waals surface area (Å²) in [7, 11) is -6.16. The molecule has 0 bridgehead atoms. The second-order valence-electron chi connectivity index (χ2n) is 0.543. The number of hydrogen-bond donors (Lipinski definition) is 1. The normalized spacial score (nSPS) is 10.5. The Morgan fingerprint density at radius 1 is 1.00 bits per heavy atom. The maximum Gasteiger partial charge on any atom is 1.00 e. The van der Waals surface area contributed by atoms with Gasteiger partial charge in [0, 0.05) is 0 Å². The predicted octanol–water partition coefficient (Wildman–Crippen LogP) is -11.5. The molecule has 0 aliphatic heterocycles. The fourth-order valence-electron chi connectivity index (χ4n) is 0.0570. The van der Waals surface area contributed by atoms with E-state index in [1.807, 2.05) is 0 Å². The molecule has 1 N–H and O–H groups in total. The summed E-state index contributed by atoms with van der Waals surface area (Å²) < 4.78 is 3.27. The van der Waals surface area contributed by atoms with E-state index in [9.17, 15) is 14.7 Å². The first kappa shape index (κ1) is 24.7. The van der Waals surface area contributed by atoms with Crippen LogP contribution in [0.2, 0.25) is 0 Å². The second kappa shape index (κ2) is 17.0. The summed E-state index contributed by atoms with van der Waals surface area (Å²) >= 11 is 0. The van der Waals surface area contributed by atoms with Crippen LogP contribution in [0.15, 0.2) is 0 Å². The quantitative estimate of drug-likeness (QED) is 0.392. The average Bonchev–Trinajstić information content (AvgIpc) is 1.27. The van der Waals surface area contributed by atoms with E-state index in [2.05, 4.69) is 4.31 Å². The van der Waals surface area contributed by atoms with Crippen molar-refractivity contribution in [1.29, 1.82) is 0 Å². The average molecular weight is 260 g/mol. The third-order valence-corrected chi connectivity index (χ3v) is 1.23.